The molecule has 35 heavy (non-hydrogen) atoms. The van der Waals surface area contributed by atoms with Crippen molar-refractivity contribution in [2.75, 3.05) is 19.5 Å². The highest BCUT2D eigenvalue weighted by Gasteiger charge is 2.30. The Bertz CT molecular complexity index is 1420. The highest BCUT2D eigenvalue weighted by Crippen LogP contribution is 2.39. The molecule has 2 heterocycles. The summed E-state index contributed by atoms with van der Waals surface area (Å²) in [6.45, 7) is 2.04. The Hall–Kier alpha value is -3.78. The Morgan fingerprint density at radius 1 is 1.23 bits per heavy atom. The molecule has 180 valence electrons. The zero-order valence-electron chi connectivity index (χ0n) is 19.4. The van der Waals surface area contributed by atoms with E-state index >= 15 is 0 Å². The van der Waals surface area contributed by atoms with Gasteiger partial charge in [-0.15, -0.1) is 0 Å². The first-order chi connectivity index (χ1) is 16.9. The van der Waals surface area contributed by atoms with E-state index in [1.165, 1.54) is 13.2 Å². The fraction of sp³-hybridized carbons (Fsp3) is 0.231. The lowest BCUT2D eigenvalue weighted by atomic mass is 9.93. The second kappa shape index (κ2) is 9.11. The Labute approximate surface area is 206 Å². The van der Waals surface area contributed by atoms with Gasteiger partial charge in [-0.05, 0) is 43.2 Å². The molecule has 4 aromatic rings. The van der Waals surface area contributed by atoms with Crippen molar-refractivity contribution in [1.82, 2.24) is 9.78 Å². The second-order valence-electron chi connectivity index (χ2n) is 8.28. The van der Waals surface area contributed by atoms with Crippen LogP contribution in [0.15, 0.2) is 47.0 Å². The number of aromatic nitrogens is 2. The minimum atomic E-state index is -0.400. The Balaban J connectivity index is 1.46. The van der Waals surface area contributed by atoms with Crippen LogP contribution in [0.3, 0.4) is 0 Å². The largest absolute Gasteiger partial charge is 0.497 e. The smallest absolute Gasteiger partial charge is 0.291 e. The van der Waals surface area contributed by atoms with Crippen LogP contribution in [0.25, 0.3) is 11.3 Å². The number of hydrogen-bond acceptors (Lipinski definition) is 5. The van der Waals surface area contributed by atoms with Crippen LogP contribution >= 0.6 is 11.6 Å². The maximum atomic E-state index is 14.3. The van der Waals surface area contributed by atoms with E-state index in [0.717, 1.165) is 16.8 Å². The molecule has 0 fully saturated rings. The van der Waals surface area contributed by atoms with Gasteiger partial charge in [0.1, 0.15) is 23.1 Å². The molecule has 0 spiro atoms. The molecule has 2 aromatic carbocycles. The van der Waals surface area contributed by atoms with Crippen molar-refractivity contribution in [2.45, 2.75) is 26.3 Å². The van der Waals surface area contributed by atoms with E-state index in [2.05, 4.69) is 5.32 Å². The first-order valence-electron chi connectivity index (χ1n) is 11.0. The number of carbonyl (C=O) groups excluding carboxylic acids is 1. The summed E-state index contributed by atoms with van der Waals surface area (Å²) >= 11 is 6.20. The van der Waals surface area contributed by atoms with Crippen molar-refractivity contribution >= 4 is 23.2 Å². The van der Waals surface area contributed by atoms with E-state index in [9.17, 15) is 9.18 Å². The predicted molar refractivity (Wildman–Crippen MR) is 130 cm³/mol. The lowest BCUT2D eigenvalue weighted by Crippen LogP contribution is -2.13. The van der Waals surface area contributed by atoms with E-state index in [1.54, 1.807) is 42.1 Å². The van der Waals surface area contributed by atoms with Gasteiger partial charge < -0.3 is 19.2 Å². The van der Waals surface area contributed by atoms with Gasteiger partial charge in [0, 0.05) is 40.4 Å². The van der Waals surface area contributed by atoms with Crippen molar-refractivity contribution in [2.24, 2.45) is 0 Å². The Morgan fingerprint density at radius 3 is 2.80 bits per heavy atom. The minimum absolute atomic E-state index is 0.202. The molecule has 0 saturated carbocycles. The van der Waals surface area contributed by atoms with Crippen LogP contribution in [0.4, 0.5) is 10.1 Å². The number of furan rings is 1. The highest BCUT2D eigenvalue weighted by molar-refractivity contribution is 6.31. The molecule has 0 saturated heterocycles. The number of methoxy groups -OCH3 is 2. The van der Waals surface area contributed by atoms with Crippen molar-refractivity contribution in [3.05, 3.63) is 81.6 Å². The maximum Gasteiger partial charge on any atom is 0.291 e. The number of nitrogens with zero attached hydrogens (tertiary/aromatic N) is 2. The Morgan fingerprint density at radius 2 is 2.06 bits per heavy atom. The monoisotopic (exact) mass is 495 g/mol. The van der Waals surface area contributed by atoms with Crippen molar-refractivity contribution in [3.8, 4) is 22.8 Å². The topological polar surface area (TPSA) is 78.5 Å². The van der Waals surface area contributed by atoms with Crippen molar-refractivity contribution in [1.29, 1.82) is 0 Å². The fourth-order valence-corrected chi connectivity index (χ4v) is 4.62. The van der Waals surface area contributed by atoms with Crippen LogP contribution in [-0.4, -0.2) is 29.9 Å². The molecule has 0 unspecified atom stereocenters. The van der Waals surface area contributed by atoms with Crippen molar-refractivity contribution in [3.63, 3.8) is 0 Å². The van der Waals surface area contributed by atoms with E-state index in [4.69, 9.17) is 30.6 Å². The molecule has 0 bridgehead atoms. The predicted octanol–water partition coefficient (Wildman–Crippen LogP) is 5.66. The summed E-state index contributed by atoms with van der Waals surface area (Å²) < 4.78 is 32.6. The molecule has 9 heteroatoms. The van der Waals surface area contributed by atoms with E-state index in [1.807, 2.05) is 13.1 Å². The normalized spacial score (nSPS) is 12.1. The lowest BCUT2D eigenvalue weighted by molar-refractivity contribution is 0.0993. The summed E-state index contributed by atoms with van der Waals surface area (Å²) in [6.07, 6.45) is 3.23. The number of anilines is 1. The van der Waals surface area contributed by atoms with Gasteiger partial charge in [-0.2, -0.15) is 5.10 Å². The van der Waals surface area contributed by atoms with Gasteiger partial charge in [-0.3, -0.25) is 9.48 Å². The number of fused-ring (bicyclic) bond motifs is 3. The molecule has 0 aliphatic heterocycles. The molecule has 1 aliphatic rings. The number of carbonyl (C=O) groups is 1. The van der Waals surface area contributed by atoms with Gasteiger partial charge in [-0.1, -0.05) is 17.7 Å². The van der Waals surface area contributed by atoms with Gasteiger partial charge in [0.05, 0.1) is 32.1 Å². The molecular weight excluding hydrogens is 473 g/mol. The summed E-state index contributed by atoms with van der Waals surface area (Å²) in [5.41, 5.74) is 4.08. The van der Waals surface area contributed by atoms with Crippen LogP contribution in [0, 0.1) is 12.7 Å². The SMILES string of the molecule is COc1ccc(OC)c(NC(=O)c2oc3c(c2C)-c2nn(Cc4c(F)cccc4Cl)cc2CC3)c1. The number of hydrogen-bond donors (Lipinski definition) is 1. The van der Waals surface area contributed by atoms with Gasteiger partial charge in [0.2, 0.25) is 0 Å². The van der Waals surface area contributed by atoms with Gasteiger partial charge >= 0.3 is 0 Å². The van der Waals surface area contributed by atoms with Crippen LogP contribution in [0.2, 0.25) is 5.02 Å². The van der Waals surface area contributed by atoms with E-state index < -0.39 is 5.91 Å². The molecule has 7 nitrogen and oxygen atoms in total. The molecule has 2 aromatic heterocycles. The Kier molecular flexibility index (Phi) is 5.98. The third-order valence-corrected chi connectivity index (χ3v) is 6.51. The number of nitrogens with one attached hydrogen (secondary N) is 1. The second-order valence-corrected chi connectivity index (χ2v) is 8.68. The van der Waals surface area contributed by atoms with Crippen LogP contribution in [0.1, 0.15) is 33.0 Å². The first kappa shape index (κ1) is 23.0. The number of rotatable bonds is 6. The number of benzene rings is 2. The van der Waals surface area contributed by atoms with E-state index in [0.29, 0.717) is 51.9 Å². The summed E-state index contributed by atoms with van der Waals surface area (Å²) in [5.74, 6) is 1.22. The molecule has 0 radical (unpaired) electrons. The molecule has 1 aliphatic carbocycles. The quantitative estimate of drug-likeness (QED) is 0.373. The number of ether oxygens (including phenoxy) is 2. The zero-order valence-corrected chi connectivity index (χ0v) is 20.2. The molecule has 5 rings (SSSR count). The first-order valence-corrected chi connectivity index (χ1v) is 11.4. The molecule has 0 atom stereocenters. The summed E-state index contributed by atoms with van der Waals surface area (Å²) in [4.78, 5) is 13.2. The minimum Gasteiger partial charge on any atom is -0.497 e. The average molecular weight is 496 g/mol. The van der Waals surface area contributed by atoms with Crippen LogP contribution in [0.5, 0.6) is 11.5 Å². The molecule has 1 N–H and O–H groups in total. The van der Waals surface area contributed by atoms with Crippen LogP contribution < -0.4 is 14.8 Å². The molecular formula is C26H23ClFN3O4. The highest BCUT2D eigenvalue weighted by atomic mass is 35.5. The third-order valence-electron chi connectivity index (χ3n) is 6.16. The molecule has 1 amide bonds. The third kappa shape index (κ3) is 4.14. The fourth-order valence-electron chi connectivity index (χ4n) is 4.40. The summed E-state index contributed by atoms with van der Waals surface area (Å²) in [6, 6.07) is 9.76. The van der Waals surface area contributed by atoms with Crippen LogP contribution in [-0.2, 0) is 19.4 Å². The van der Waals surface area contributed by atoms with E-state index in [-0.39, 0.29) is 18.1 Å². The standard InChI is InChI=1S/C26H23ClFN3O4/c1-14-23-22(35-25(14)26(32)29-20-11-16(33-2)8-10-21(20)34-3)9-7-15-12-31(30-24(15)23)13-17-18(27)5-4-6-19(17)28/h4-6,8,10-12H,7,9,13H2,1-3H3,(H,29,32). The van der Waals surface area contributed by atoms with Gasteiger partial charge in [-0.25, -0.2) is 4.39 Å². The number of amides is 1. The maximum absolute atomic E-state index is 14.3. The van der Waals surface area contributed by atoms with Gasteiger partial charge in [0.15, 0.2) is 5.76 Å². The summed E-state index contributed by atoms with van der Waals surface area (Å²) in [7, 11) is 3.08. The number of aryl methyl sites for hydroxylation is 2. The van der Waals surface area contributed by atoms with Crippen molar-refractivity contribution < 1.29 is 23.1 Å². The lowest BCUT2D eigenvalue weighted by Gasteiger charge is -2.11. The van der Waals surface area contributed by atoms with Gasteiger partial charge in [0.25, 0.3) is 5.91 Å². The number of halogens is 2. The average Bonchev–Trinajstić information content (AvgIpc) is 3.41. The zero-order chi connectivity index (χ0) is 24.7. The summed E-state index contributed by atoms with van der Waals surface area (Å²) in [5, 5.41) is 7.91.